The lowest BCUT2D eigenvalue weighted by atomic mass is 10.1. The van der Waals surface area contributed by atoms with Gasteiger partial charge in [0.05, 0.1) is 16.7 Å². The number of hydrogen-bond donors (Lipinski definition) is 0. The van der Waals surface area contributed by atoms with E-state index in [9.17, 15) is 0 Å². The SMILES string of the molecule is C1=c2cccnc2=C2C1=Nc1ccccc12. The number of hydrogen-bond acceptors (Lipinski definition) is 2. The van der Waals surface area contributed by atoms with Gasteiger partial charge in [-0.25, -0.2) is 4.99 Å². The standard InChI is InChI=1S/C14H8N2/c1-2-6-11-10(5-1)13-12(16-11)8-9-4-3-7-15-14(9)13/h1-8H. The summed E-state index contributed by atoms with van der Waals surface area (Å²) in [6, 6.07) is 12.3. The normalized spacial score (nSPS) is 15.0. The van der Waals surface area contributed by atoms with Gasteiger partial charge >= 0.3 is 0 Å². The van der Waals surface area contributed by atoms with Crippen LogP contribution in [-0.2, 0) is 0 Å². The Hall–Kier alpha value is -2.22. The minimum Gasteiger partial charge on any atom is -0.256 e. The van der Waals surface area contributed by atoms with Crippen molar-refractivity contribution >= 4 is 23.0 Å². The molecule has 2 nitrogen and oxygen atoms in total. The number of para-hydroxylation sites is 1. The first-order valence-corrected chi connectivity index (χ1v) is 5.29. The van der Waals surface area contributed by atoms with E-state index in [0.717, 1.165) is 16.7 Å². The molecule has 0 fully saturated rings. The van der Waals surface area contributed by atoms with Gasteiger partial charge in [-0.05, 0) is 18.2 Å². The zero-order chi connectivity index (χ0) is 10.5. The quantitative estimate of drug-likeness (QED) is 0.632. The van der Waals surface area contributed by atoms with Gasteiger partial charge in [-0.15, -0.1) is 0 Å². The van der Waals surface area contributed by atoms with Crippen molar-refractivity contribution in [1.82, 2.24) is 4.98 Å². The second-order valence-corrected chi connectivity index (χ2v) is 3.97. The highest BCUT2D eigenvalue weighted by molar-refractivity contribution is 6.42. The molecule has 0 radical (unpaired) electrons. The summed E-state index contributed by atoms with van der Waals surface area (Å²) in [6.07, 6.45) is 3.95. The molecule has 2 aromatic rings. The molecule has 16 heavy (non-hydrogen) atoms. The molecule has 4 rings (SSSR count). The van der Waals surface area contributed by atoms with Crippen molar-refractivity contribution in [2.45, 2.75) is 0 Å². The van der Waals surface area contributed by atoms with Gasteiger partial charge in [0.15, 0.2) is 0 Å². The third-order valence-corrected chi connectivity index (χ3v) is 3.04. The molecule has 2 heterocycles. The van der Waals surface area contributed by atoms with Crippen LogP contribution in [0.15, 0.2) is 47.6 Å². The Bertz CT molecular complexity index is 754. The number of rotatable bonds is 0. The van der Waals surface area contributed by atoms with E-state index in [1.165, 1.54) is 16.4 Å². The fourth-order valence-corrected chi connectivity index (χ4v) is 2.35. The van der Waals surface area contributed by atoms with Crippen LogP contribution < -0.4 is 10.6 Å². The highest BCUT2D eigenvalue weighted by atomic mass is 14.8. The van der Waals surface area contributed by atoms with Crippen LogP contribution in [0.1, 0.15) is 5.56 Å². The molecule has 2 heteroatoms. The summed E-state index contributed by atoms with van der Waals surface area (Å²) in [5.74, 6) is 0. The molecular weight excluding hydrogens is 196 g/mol. The monoisotopic (exact) mass is 204 g/mol. The maximum Gasteiger partial charge on any atom is 0.0803 e. The minimum atomic E-state index is 1.05. The molecule has 0 atom stereocenters. The number of fused-ring (bicyclic) bond motifs is 4. The van der Waals surface area contributed by atoms with Gasteiger partial charge in [0.25, 0.3) is 0 Å². The average molecular weight is 204 g/mol. The topological polar surface area (TPSA) is 25.2 Å². The molecule has 1 aromatic carbocycles. The van der Waals surface area contributed by atoms with Crippen LogP contribution in [0.3, 0.4) is 0 Å². The van der Waals surface area contributed by atoms with Crippen molar-refractivity contribution in [3.05, 3.63) is 58.7 Å². The van der Waals surface area contributed by atoms with E-state index in [1.807, 2.05) is 30.5 Å². The van der Waals surface area contributed by atoms with E-state index >= 15 is 0 Å². The maximum absolute atomic E-state index is 4.61. The molecule has 0 saturated carbocycles. The average Bonchev–Trinajstić information content (AvgIpc) is 2.83. The molecule has 1 aliphatic carbocycles. The molecule has 0 unspecified atom stereocenters. The van der Waals surface area contributed by atoms with Gasteiger partial charge in [0, 0.05) is 22.6 Å². The van der Waals surface area contributed by atoms with Crippen molar-refractivity contribution in [1.29, 1.82) is 0 Å². The third kappa shape index (κ3) is 0.865. The van der Waals surface area contributed by atoms with Crippen molar-refractivity contribution in [2.24, 2.45) is 4.99 Å². The smallest absolute Gasteiger partial charge is 0.0803 e. The van der Waals surface area contributed by atoms with E-state index < -0.39 is 0 Å². The summed E-state index contributed by atoms with van der Waals surface area (Å²) in [6.45, 7) is 0. The Labute approximate surface area is 92.3 Å². The number of aliphatic imine (C=N–C) groups is 1. The summed E-state index contributed by atoms with van der Waals surface area (Å²) in [5.41, 5.74) is 4.49. The van der Waals surface area contributed by atoms with Crippen molar-refractivity contribution in [2.75, 3.05) is 0 Å². The Morgan fingerprint density at radius 2 is 1.88 bits per heavy atom. The van der Waals surface area contributed by atoms with Gasteiger partial charge in [-0.3, -0.25) is 4.98 Å². The Kier molecular flexibility index (Phi) is 1.33. The van der Waals surface area contributed by atoms with Crippen LogP contribution in [-0.4, -0.2) is 10.7 Å². The van der Waals surface area contributed by atoms with E-state index in [0.29, 0.717) is 0 Å². The van der Waals surface area contributed by atoms with Crippen molar-refractivity contribution < 1.29 is 0 Å². The van der Waals surface area contributed by atoms with Gasteiger partial charge < -0.3 is 0 Å². The Balaban J connectivity index is 2.22. The molecule has 0 saturated heterocycles. The molecule has 1 aliphatic heterocycles. The zero-order valence-electron chi connectivity index (χ0n) is 8.51. The first kappa shape index (κ1) is 7.99. The molecule has 1 aromatic heterocycles. The summed E-state index contributed by atoms with van der Waals surface area (Å²) in [5, 5.41) is 2.23. The van der Waals surface area contributed by atoms with Gasteiger partial charge in [-0.2, -0.15) is 0 Å². The van der Waals surface area contributed by atoms with Gasteiger partial charge in [0.1, 0.15) is 0 Å². The van der Waals surface area contributed by atoms with E-state index in [1.54, 1.807) is 0 Å². The highest BCUT2D eigenvalue weighted by Gasteiger charge is 2.23. The van der Waals surface area contributed by atoms with Crippen LogP contribution in [0.5, 0.6) is 0 Å². The predicted octanol–water partition coefficient (Wildman–Crippen LogP) is 1.16. The number of aromatic nitrogens is 1. The zero-order valence-corrected chi connectivity index (χ0v) is 8.51. The van der Waals surface area contributed by atoms with Gasteiger partial charge in [-0.1, -0.05) is 24.3 Å². The fourth-order valence-electron chi connectivity index (χ4n) is 2.35. The van der Waals surface area contributed by atoms with E-state index in [4.69, 9.17) is 0 Å². The molecule has 2 aliphatic rings. The molecule has 74 valence electrons. The van der Waals surface area contributed by atoms with Crippen molar-refractivity contribution in [3.8, 4) is 0 Å². The molecule has 0 N–H and O–H groups in total. The first-order chi connectivity index (χ1) is 7.93. The fraction of sp³-hybridized carbons (Fsp3) is 0. The summed E-state index contributed by atoms with van der Waals surface area (Å²) >= 11 is 0. The summed E-state index contributed by atoms with van der Waals surface area (Å²) < 4.78 is 0. The number of pyridine rings is 1. The lowest BCUT2D eigenvalue weighted by molar-refractivity contribution is 1.22. The molecular formula is C14H8N2. The Morgan fingerprint density at radius 3 is 2.88 bits per heavy atom. The lowest BCUT2D eigenvalue weighted by Crippen LogP contribution is -2.26. The predicted molar refractivity (Wildman–Crippen MR) is 64.0 cm³/mol. The number of nitrogens with zero attached hydrogens (tertiary/aromatic N) is 2. The highest BCUT2D eigenvalue weighted by Crippen LogP contribution is 2.33. The second-order valence-electron chi connectivity index (χ2n) is 3.97. The lowest BCUT2D eigenvalue weighted by Gasteiger charge is -1.97. The van der Waals surface area contributed by atoms with Gasteiger partial charge in [0.2, 0.25) is 0 Å². The summed E-state index contributed by atoms with van der Waals surface area (Å²) in [4.78, 5) is 9.06. The minimum absolute atomic E-state index is 1.05. The Morgan fingerprint density at radius 1 is 0.938 bits per heavy atom. The van der Waals surface area contributed by atoms with Crippen molar-refractivity contribution in [3.63, 3.8) is 0 Å². The molecule has 0 spiro atoms. The maximum atomic E-state index is 4.61. The third-order valence-electron chi connectivity index (χ3n) is 3.04. The largest absolute Gasteiger partial charge is 0.256 e. The van der Waals surface area contributed by atoms with Crippen LogP contribution in [0.25, 0.3) is 11.6 Å². The van der Waals surface area contributed by atoms with Crippen LogP contribution in [0, 0.1) is 0 Å². The molecule has 0 amide bonds. The van der Waals surface area contributed by atoms with Crippen LogP contribution in [0.2, 0.25) is 0 Å². The molecule has 0 bridgehead atoms. The van der Waals surface area contributed by atoms with E-state index in [-0.39, 0.29) is 0 Å². The second kappa shape index (κ2) is 2.67. The summed E-state index contributed by atoms with van der Waals surface area (Å²) in [7, 11) is 0. The first-order valence-electron chi connectivity index (χ1n) is 5.29. The number of benzene rings is 1. The van der Waals surface area contributed by atoms with E-state index in [2.05, 4.69) is 28.2 Å². The van der Waals surface area contributed by atoms with Crippen LogP contribution in [0.4, 0.5) is 5.69 Å². The van der Waals surface area contributed by atoms with Crippen LogP contribution >= 0.6 is 0 Å².